The van der Waals surface area contributed by atoms with Gasteiger partial charge in [0.1, 0.15) is 17.6 Å². The van der Waals surface area contributed by atoms with Gasteiger partial charge in [-0.3, -0.25) is 14.3 Å². The number of ether oxygens (including phenoxy) is 3. The number of methoxy groups -OCH3 is 2. The van der Waals surface area contributed by atoms with E-state index in [1.165, 1.54) is 41.3 Å². The smallest absolute Gasteiger partial charge is 0.261 e. The summed E-state index contributed by atoms with van der Waals surface area (Å²) in [5.74, 6) is 0.112. The molecule has 2 amide bonds. The first kappa shape index (κ1) is 38.6. The lowest BCUT2D eigenvalue weighted by atomic mass is 10.0. The normalized spacial score (nSPS) is 11.6. The van der Waals surface area contributed by atoms with E-state index in [1.807, 2.05) is 42.5 Å². The van der Waals surface area contributed by atoms with Crippen LogP contribution in [-0.4, -0.2) is 58.5 Å². The molecule has 276 valence electrons. The molecular formula is C40H39ClFN3O7S. The summed E-state index contributed by atoms with van der Waals surface area (Å²) in [6, 6.07) is 31.5. The maximum absolute atomic E-state index is 14.0. The molecule has 0 spiro atoms. The molecule has 0 saturated carbocycles. The Balaban J connectivity index is 1.33. The van der Waals surface area contributed by atoms with Gasteiger partial charge in [0.25, 0.3) is 15.9 Å². The van der Waals surface area contributed by atoms with Gasteiger partial charge in [0.05, 0.1) is 19.1 Å². The van der Waals surface area contributed by atoms with Crippen molar-refractivity contribution in [3.8, 4) is 17.2 Å². The fraction of sp³-hybridized carbons (Fsp3) is 0.200. The van der Waals surface area contributed by atoms with Crippen LogP contribution in [0.1, 0.15) is 16.7 Å². The van der Waals surface area contributed by atoms with Crippen molar-refractivity contribution in [1.29, 1.82) is 0 Å². The molecule has 5 aromatic carbocycles. The van der Waals surface area contributed by atoms with Crippen LogP contribution >= 0.6 is 11.6 Å². The van der Waals surface area contributed by atoms with Gasteiger partial charge in [0.15, 0.2) is 18.1 Å². The van der Waals surface area contributed by atoms with Crippen LogP contribution < -0.4 is 24.2 Å². The average molecular weight is 760 g/mol. The third-order valence-electron chi connectivity index (χ3n) is 8.29. The molecule has 0 radical (unpaired) electrons. The molecule has 1 atom stereocenters. The molecule has 0 bridgehead atoms. The number of halogens is 2. The predicted molar refractivity (Wildman–Crippen MR) is 201 cm³/mol. The number of hydrogen-bond donors (Lipinski definition) is 2. The first-order chi connectivity index (χ1) is 25.5. The quantitative estimate of drug-likeness (QED) is 0.109. The highest BCUT2D eigenvalue weighted by atomic mass is 35.5. The molecule has 0 aliphatic carbocycles. The zero-order valence-electron chi connectivity index (χ0n) is 29.1. The Morgan fingerprint density at radius 1 is 0.792 bits per heavy atom. The zero-order valence-corrected chi connectivity index (χ0v) is 30.7. The van der Waals surface area contributed by atoms with Crippen molar-refractivity contribution in [3.63, 3.8) is 0 Å². The molecule has 5 rings (SSSR count). The van der Waals surface area contributed by atoms with E-state index in [2.05, 4.69) is 10.0 Å². The number of anilines is 1. The number of nitrogens with one attached hydrogen (secondary N) is 2. The van der Waals surface area contributed by atoms with E-state index in [9.17, 15) is 22.4 Å². The highest BCUT2D eigenvalue weighted by Gasteiger charge is 2.31. The summed E-state index contributed by atoms with van der Waals surface area (Å²) in [7, 11) is -0.857. The second-order valence-corrected chi connectivity index (χ2v) is 14.1. The summed E-state index contributed by atoms with van der Waals surface area (Å²) >= 11 is 6.14. The molecule has 1 unspecified atom stereocenters. The first-order valence-corrected chi connectivity index (χ1v) is 18.5. The Bertz CT molecular complexity index is 2080. The zero-order chi connectivity index (χ0) is 37.8. The van der Waals surface area contributed by atoms with Crippen molar-refractivity contribution in [2.75, 3.05) is 32.1 Å². The number of carbonyl (C=O) groups is 2. The number of benzene rings is 5. The second kappa shape index (κ2) is 18.3. The van der Waals surface area contributed by atoms with Crippen molar-refractivity contribution in [2.45, 2.75) is 30.3 Å². The number of amides is 2. The highest BCUT2D eigenvalue weighted by Crippen LogP contribution is 2.28. The molecular weight excluding hydrogens is 721 g/mol. The topological polar surface area (TPSA) is 123 Å². The van der Waals surface area contributed by atoms with Crippen LogP contribution in [0.2, 0.25) is 5.02 Å². The third-order valence-corrected chi connectivity index (χ3v) is 9.94. The van der Waals surface area contributed by atoms with Gasteiger partial charge in [-0.05, 0) is 95.9 Å². The van der Waals surface area contributed by atoms with E-state index in [0.717, 1.165) is 28.8 Å². The van der Waals surface area contributed by atoms with Crippen LogP contribution in [0.25, 0.3) is 0 Å². The number of nitrogens with zero attached hydrogens (tertiary/aromatic N) is 1. The third kappa shape index (κ3) is 11.0. The number of carbonyl (C=O) groups excluding carboxylic acids is 2. The SMILES string of the molecule is COc1ccc(CCNC(=O)C(Cc2ccccc2)N(Cc2ccc(Cl)cc2)C(=O)COc2ccc(S(=O)(=O)Nc3ccc(F)cc3)cc2)cc1OC. The van der Waals surface area contributed by atoms with E-state index >= 15 is 0 Å². The number of sulfonamides is 1. The summed E-state index contributed by atoms with van der Waals surface area (Å²) in [4.78, 5) is 29.5. The van der Waals surface area contributed by atoms with Crippen LogP contribution in [0.4, 0.5) is 10.1 Å². The Kier molecular flexibility index (Phi) is 13.3. The first-order valence-electron chi connectivity index (χ1n) is 16.6. The van der Waals surface area contributed by atoms with Crippen molar-refractivity contribution < 1.29 is 36.6 Å². The lowest BCUT2D eigenvalue weighted by Gasteiger charge is -2.31. The van der Waals surface area contributed by atoms with E-state index in [1.54, 1.807) is 44.6 Å². The van der Waals surface area contributed by atoms with Gasteiger partial charge < -0.3 is 24.4 Å². The maximum Gasteiger partial charge on any atom is 0.261 e. The fourth-order valence-electron chi connectivity index (χ4n) is 5.50. The van der Waals surface area contributed by atoms with Crippen molar-refractivity contribution in [2.24, 2.45) is 0 Å². The van der Waals surface area contributed by atoms with Crippen LogP contribution in [0.5, 0.6) is 17.2 Å². The summed E-state index contributed by atoms with van der Waals surface area (Å²) in [6.45, 7) is -0.0473. The summed E-state index contributed by atoms with van der Waals surface area (Å²) < 4.78 is 58.0. The van der Waals surface area contributed by atoms with Crippen molar-refractivity contribution in [3.05, 3.63) is 149 Å². The molecule has 0 aliphatic heterocycles. The second-order valence-electron chi connectivity index (χ2n) is 12.0. The van der Waals surface area contributed by atoms with Crippen LogP contribution in [0, 0.1) is 5.82 Å². The minimum absolute atomic E-state index is 0.0578. The standard InChI is InChI=1S/C40H39ClFN3O7S/c1-50-37-21-10-29(25-38(37)51-2)22-23-43-40(47)36(24-28-6-4-3-5-7-28)45(26-30-8-11-31(41)12-9-30)39(46)27-52-34-17-19-35(20-18-34)53(48,49)44-33-15-13-32(42)14-16-33/h3-21,25,36,44H,22-24,26-27H2,1-2H3,(H,43,47). The summed E-state index contributed by atoms with van der Waals surface area (Å²) in [5, 5.41) is 3.54. The van der Waals surface area contributed by atoms with Crippen LogP contribution in [0.3, 0.4) is 0 Å². The predicted octanol–water partition coefficient (Wildman–Crippen LogP) is 6.67. The Hall–Kier alpha value is -5.59. The van der Waals surface area contributed by atoms with Gasteiger partial charge >= 0.3 is 0 Å². The van der Waals surface area contributed by atoms with Gasteiger partial charge in [-0.25, -0.2) is 12.8 Å². The molecule has 0 aromatic heterocycles. The maximum atomic E-state index is 14.0. The number of hydrogen-bond acceptors (Lipinski definition) is 7. The lowest BCUT2D eigenvalue weighted by molar-refractivity contribution is -0.142. The molecule has 5 aromatic rings. The lowest BCUT2D eigenvalue weighted by Crippen LogP contribution is -2.52. The fourth-order valence-corrected chi connectivity index (χ4v) is 6.68. The van der Waals surface area contributed by atoms with E-state index < -0.39 is 34.4 Å². The molecule has 0 saturated heterocycles. The molecule has 0 fully saturated rings. The largest absolute Gasteiger partial charge is 0.493 e. The van der Waals surface area contributed by atoms with Crippen LogP contribution in [-0.2, 0) is 39.0 Å². The Labute approximate surface area is 313 Å². The molecule has 2 N–H and O–H groups in total. The van der Waals surface area contributed by atoms with Gasteiger partial charge in [-0.1, -0.05) is 60.1 Å². The van der Waals surface area contributed by atoms with Gasteiger partial charge in [0, 0.05) is 30.2 Å². The van der Waals surface area contributed by atoms with E-state index in [4.69, 9.17) is 25.8 Å². The minimum atomic E-state index is -3.98. The molecule has 53 heavy (non-hydrogen) atoms. The van der Waals surface area contributed by atoms with Gasteiger partial charge in [0.2, 0.25) is 5.91 Å². The average Bonchev–Trinajstić information content (AvgIpc) is 3.17. The monoisotopic (exact) mass is 759 g/mol. The Morgan fingerprint density at radius 2 is 1.45 bits per heavy atom. The minimum Gasteiger partial charge on any atom is -0.493 e. The van der Waals surface area contributed by atoms with Crippen LogP contribution in [0.15, 0.2) is 126 Å². The van der Waals surface area contributed by atoms with E-state index in [-0.39, 0.29) is 35.2 Å². The Morgan fingerprint density at radius 3 is 2.11 bits per heavy atom. The number of rotatable bonds is 17. The highest BCUT2D eigenvalue weighted by molar-refractivity contribution is 7.92. The molecule has 0 heterocycles. The molecule has 13 heteroatoms. The van der Waals surface area contributed by atoms with Gasteiger partial charge in [-0.15, -0.1) is 0 Å². The van der Waals surface area contributed by atoms with Crippen molar-refractivity contribution in [1.82, 2.24) is 10.2 Å². The molecule has 0 aliphatic rings. The van der Waals surface area contributed by atoms with E-state index in [0.29, 0.717) is 29.5 Å². The summed E-state index contributed by atoms with van der Waals surface area (Å²) in [5.41, 5.74) is 2.74. The summed E-state index contributed by atoms with van der Waals surface area (Å²) in [6.07, 6.45) is 0.736. The molecule has 10 nitrogen and oxygen atoms in total. The van der Waals surface area contributed by atoms with Gasteiger partial charge in [-0.2, -0.15) is 0 Å². The van der Waals surface area contributed by atoms with Crippen molar-refractivity contribution >= 4 is 39.1 Å².